The van der Waals surface area contributed by atoms with E-state index in [0.29, 0.717) is 18.5 Å². The molecule has 1 aromatic rings. The van der Waals surface area contributed by atoms with Crippen LogP contribution in [0.25, 0.3) is 0 Å². The van der Waals surface area contributed by atoms with Crippen LogP contribution in [0.5, 0.6) is 0 Å². The number of carbonyl (C=O) groups excluding carboxylic acids is 1. The number of aliphatic hydroxyl groups excluding tert-OH is 1. The molecule has 0 aliphatic carbocycles. The van der Waals surface area contributed by atoms with E-state index < -0.39 is 0 Å². The van der Waals surface area contributed by atoms with Gasteiger partial charge in [-0.25, -0.2) is 0 Å². The Morgan fingerprint density at radius 3 is 2.93 bits per heavy atom. The molecule has 1 N–H and O–H groups in total. The lowest BCUT2D eigenvalue weighted by atomic mass is 9.94. The zero-order valence-electron chi connectivity index (χ0n) is 8.18. The van der Waals surface area contributed by atoms with E-state index in [9.17, 15) is 4.79 Å². The molecule has 0 radical (unpaired) electrons. The van der Waals surface area contributed by atoms with Gasteiger partial charge in [-0.3, -0.25) is 9.79 Å². The summed E-state index contributed by atoms with van der Waals surface area (Å²) in [6, 6.07) is 7.80. The maximum absolute atomic E-state index is 10.7. The second-order valence-corrected chi connectivity index (χ2v) is 3.34. The average molecular weight is 201 g/mol. The number of hydrogen-bond donors (Lipinski definition) is 1. The number of aldehydes is 1. The highest BCUT2D eigenvalue weighted by atomic mass is 16.2. The third-order valence-corrected chi connectivity index (χ3v) is 2.46. The molecule has 0 aromatic heterocycles. The van der Waals surface area contributed by atoms with Crippen molar-refractivity contribution in [3.05, 3.63) is 47.2 Å². The first kappa shape index (κ1) is 9.65. The third-order valence-electron chi connectivity index (χ3n) is 2.46. The molecule has 1 aliphatic heterocycles. The van der Waals surface area contributed by atoms with E-state index in [1.54, 1.807) is 0 Å². The summed E-state index contributed by atoms with van der Waals surface area (Å²) in [5.74, 6) is 0. The molecule has 0 saturated carbocycles. The molecular formula is C12H11NO2. The number of hydrogen-bond acceptors (Lipinski definition) is 3. The van der Waals surface area contributed by atoms with Crippen LogP contribution in [0.4, 0.5) is 0 Å². The lowest BCUT2D eigenvalue weighted by molar-refractivity contribution is -0.104. The molecule has 0 fully saturated rings. The van der Waals surface area contributed by atoms with Crippen molar-refractivity contribution in [1.29, 1.82) is 0 Å². The van der Waals surface area contributed by atoms with Crippen molar-refractivity contribution in [2.45, 2.75) is 6.42 Å². The van der Waals surface area contributed by atoms with Gasteiger partial charge in [0.05, 0.1) is 17.5 Å². The topological polar surface area (TPSA) is 49.7 Å². The maximum atomic E-state index is 10.7. The first-order chi connectivity index (χ1) is 7.36. The molecular weight excluding hydrogens is 190 g/mol. The Balaban J connectivity index is 2.51. The Hall–Kier alpha value is -1.90. The molecule has 15 heavy (non-hydrogen) atoms. The van der Waals surface area contributed by atoms with Crippen LogP contribution in [0.2, 0.25) is 0 Å². The number of nitrogens with zero attached hydrogens (tertiary/aromatic N) is 1. The molecule has 0 unspecified atom stereocenters. The van der Waals surface area contributed by atoms with Crippen molar-refractivity contribution in [2.24, 2.45) is 4.99 Å². The van der Waals surface area contributed by atoms with Gasteiger partial charge >= 0.3 is 0 Å². The minimum Gasteiger partial charge on any atom is -0.515 e. The van der Waals surface area contributed by atoms with Crippen molar-refractivity contribution in [3.8, 4) is 0 Å². The summed E-state index contributed by atoms with van der Waals surface area (Å²) in [6.07, 6.45) is 2.33. The van der Waals surface area contributed by atoms with Gasteiger partial charge < -0.3 is 5.11 Å². The van der Waals surface area contributed by atoms with E-state index in [4.69, 9.17) is 5.11 Å². The van der Waals surface area contributed by atoms with Crippen LogP contribution in [0.1, 0.15) is 11.1 Å². The van der Waals surface area contributed by atoms with Crippen molar-refractivity contribution in [2.75, 3.05) is 6.54 Å². The standard InChI is InChI=1S/C12H11NO2/c14-7-10(8-15)12-11-4-2-1-3-9(11)5-6-13-12/h1-4,7-8,14H,5-6H2/b10-7-. The molecule has 3 heteroatoms. The Labute approximate surface area is 87.8 Å². The van der Waals surface area contributed by atoms with E-state index in [1.807, 2.05) is 24.3 Å². The summed E-state index contributed by atoms with van der Waals surface area (Å²) >= 11 is 0. The minimum atomic E-state index is 0.238. The van der Waals surface area contributed by atoms with Crippen LogP contribution in [-0.2, 0) is 11.2 Å². The van der Waals surface area contributed by atoms with Gasteiger partial charge in [-0.15, -0.1) is 0 Å². The molecule has 3 nitrogen and oxygen atoms in total. The second kappa shape index (κ2) is 4.09. The average Bonchev–Trinajstić information content (AvgIpc) is 2.31. The van der Waals surface area contributed by atoms with Crippen LogP contribution in [0.3, 0.4) is 0 Å². The highest BCUT2D eigenvalue weighted by molar-refractivity contribution is 6.23. The van der Waals surface area contributed by atoms with Crippen molar-refractivity contribution in [1.82, 2.24) is 0 Å². The quantitative estimate of drug-likeness (QED) is 0.449. The minimum absolute atomic E-state index is 0.238. The van der Waals surface area contributed by atoms with Crippen LogP contribution in [0, 0.1) is 0 Å². The fraction of sp³-hybridized carbons (Fsp3) is 0.167. The second-order valence-electron chi connectivity index (χ2n) is 3.34. The number of aliphatic imine (C=N–C) groups is 1. The predicted octanol–water partition coefficient (Wildman–Crippen LogP) is 1.67. The van der Waals surface area contributed by atoms with E-state index in [-0.39, 0.29) is 5.57 Å². The predicted molar refractivity (Wildman–Crippen MR) is 58.3 cm³/mol. The van der Waals surface area contributed by atoms with Crippen molar-refractivity contribution < 1.29 is 9.90 Å². The van der Waals surface area contributed by atoms with Gasteiger partial charge in [0, 0.05) is 12.1 Å². The molecule has 0 saturated heterocycles. The Kier molecular flexibility index (Phi) is 2.63. The summed E-state index contributed by atoms with van der Waals surface area (Å²) in [6.45, 7) is 0.664. The first-order valence-corrected chi connectivity index (χ1v) is 4.79. The van der Waals surface area contributed by atoms with Gasteiger partial charge in [0.2, 0.25) is 0 Å². The summed E-state index contributed by atoms with van der Waals surface area (Å²) in [7, 11) is 0. The summed E-state index contributed by atoms with van der Waals surface area (Å²) in [5, 5.41) is 8.93. The highest BCUT2D eigenvalue weighted by Gasteiger charge is 2.16. The number of rotatable bonds is 2. The molecule has 76 valence electrons. The summed E-state index contributed by atoms with van der Waals surface area (Å²) in [5.41, 5.74) is 2.94. The smallest absolute Gasteiger partial charge is 0.155 e. The molecule has 1 aromatic carbocycles. The van der Waals surface area contributed by atoms with Crippen molar-refractivity contribution >= 4 is 12.0 Å². The number of benzene rings is 1. The summed E-state index contributed by atoms with van der Waals surface area (Å²) < 4.78 is 0. The highest BCUT2D eigenvalue weighted by Crippen LogP contribution is 2.18. The molecule has 0 atom stereocenters. The largest absolute Gasteiger partial charge is 0.515 e. The molecule has 1 heterocycles. The molecule has 0 amide bonds. The van der Waals surface area contributed by atoms with Gasteiger partial charge in [0.1, 0.15) is 0 Å². The van der Waals surface area contributed by atoms with Crippen molar-refractivity contribution in [3.63, 3.8) is 0 Å². The van der Waals surface area contributed by atoms with Gasteiger partial charge in [0.25, 0.3) is 0 Å². The fourth-order valence-electron chi connectivity index (χ4n) is 1.74. The maximum Gasteiger partial charge on any atom is 0.155 e. The number of carbonyl (C=O) groups is 1. The van der Waals surface area contributed by atoms with Crippen LogP contribution in [-0.4, -0.2) is 23.6 Å². The molecule has 0 spiro atoms. The van der Waals surface area contributed by atoms with Crippen LogP contribution >= 0.6 is 0 Å². The Morgan fingerprint density at radius 2 is 2.20 bits per heavy atom. The van der Waals surface area contributed by atoms with E-state index >= 15 is 0 Å². The lowest BCUT2D eigenvalue weighted by Crippen LogP contribution is -2.15. The van der Waals surface area contributed by atoms with Gasteiger partial charge in [-0.1, -0.05) is 24.3 Å². The van der Waals surface area contributed by atoms with Gasteiger partial charge in [0.15, 0.2) is 6.29 Å². The number of aliphatic hydroxyl groups is 1. The molecule has 1 aliphatic rings. The van der Waals surface area contributed by atoms with Crippen LogP contribution < -0.4 is 0 Å². The summed E-state index contributed by atoms with van der Waals surface area (Å²) in [4.78, 5) is 15.0. The Bertz CT molecular complexity index is 447. The van der Waals surface area contributed by atoms with Gasteiger partial charge in [-0.05, 0) is 12.0 Å². The fourth-order valence-corrected chi connectivity index (χ4v) is 1.74. The normalized spacial score (nSPS) is 15.5. The third kappa shape index (κ3) is 1.68. The van der Waals surface area contributed by atoms with E-state index in [1.165, 1.54) is 5.56 Å². The zero-order chi connectivity index (χ0) is 10.7. The number of fused-ring (bicyclic) bond motifs is 1. The van der Waals surface area contributed by atoms with E-state index in [0.717, 1.165) is 18.2 Å². The molecule has 0 bridgehead atoms. The SMILES string of the molecule is O=C/C(=C/O)C1=NCCc2ccccc21. The zero-order valence-corrected chi connectivity index (χ0v) is 8.18. The Morgan fingerprint density at radius 1 is 1.40 bits per heavy atom. The lowest BCUT2D eigenvalue weighted by Gasteiger charge is -2.15. The number of allylic oxidation sites excluding steroid dienone is 1. The van der Waals surface area contributed by atoms with E-state index in [2.05, 4.69) is 4.99 Å². The first-order valence-electron chi connectivity index (χ1n) is 4.79. The monoisotopic (exact) mass is 201 g/mol. The van der Waals surface area contributed by atoms with Gasteiger partial charge in [-0.2, -0.15) is 0 Å². The molecule has 2 rings (SSSR count). The van der Waals surface area contributed by atoms with Crippen LogP contribution in [0.15, 0.2) is 41.1 Å².